The van der Waals surface area contributed by atoms with Crippen molar-refractivity contribution in [3.05, 3.63) is 89.8 Å². The van der Waals surface area contributed by atoms with E-state index in [0.29, 0.717) is 54.3 Å². The van der Waals surface area contributed by atoms with E-state index in [-0.39, 0.29) is 23.3 Å². The average Bonchev–Trinajstić information content (AvgIpc) is 3.24. The fourth-order valence-electron chi connectivity index (χ4n) is 4.92. The molecule has 6 rings (SSSR count). The first-order valence-electron chi connectivity index (χ1n) is 12.2. The summed E-state index contributed by atoms with van der Waals surface area (Å²) in [6.07, 6.45) is 6.45. The number of morpholine rings is 1. The molecule has 0 aliphatic carbocycles. The molecule has 2 aliphatic heterocycles. The van der Waals surface area contributed by atoms with Crippen molar-refractivity contribution in [2.45, 2.75) is 6.92 Å². The van der Waals surface area contributed by atoms with E-state index < -0.39 is 0 Å². The van der Waals surface area contributed by atoms with Crippen molar-refractivity contribution in [2.24, 2.45) is 0 Å². The van der Waals surface area contributed by atoms with Gasteiger partial charge < -0.3 is 9.64 Å². The Hall–Kier alpha value is -4.76. The zero-order chi connectivity index (χ0) is 26.2. The minimum Gasteiger partial charge on any atom is -0.378 e. The first-order valence-corrected chi connectivity index (χ1v) is 12.2. The van der Waals surface area contributed by atoms with Gasteiger partial charge in [0.05, 0.1) is 35.8 Å². The number of ketones is 1. The van der Waals surface area contributed by atoms with Crippen LogP contribution in [-0.2, 0) is 9.53 Å². The molecule has 0 saturated carbocycles. The maximum Gasteiger partial charge on any atom is 0.254 e. The number of ether oxygens (including phenoxy) is 1. The lowest BCUT2D eigenvalue weighted by Crippen LogP contribution is -2.40. The summed E-state index contributed by atoms with van der Waals surface area (Å²) in [4.78, 5) is 55.3. The Morgan fingerprint density at radius 2 is 1.74 bits per heavy atom. The van der Waals surface area contributed by atoms with Crippen LogP contribution >= 0.6 is 0 Å². The molecule has 1 saturated heterocycles. The van der Waals surface area contributed by atoms with Gasteiger partial charge in [0.15, 0.2) is 0 Å². The molecular weight excluding hydrogens is 482 g/mol. The second-order valence-corrected chi connectivity index (χ2v) is 9.09. The number of fused-ring (bicyclic) bond motifs is 2. The highest BCUT2D eigenvalue weighted by atomic mass is 16.5. The molecule has 0 bridgehead atoms. The zero-order valence-corrected chi connectivity index (χ0v) is 20.6. The highest BCUT2D eigenvalue weighted by molar-refractivity contribution is 6.26. The number of carbonyl (C=O) groups excluding carboxylic acids is 3. The van der Waals surface area contributed by atoms with Crippen molar-refractivity contribution >= 4 is 40.3 Å². The van der Waals surface area contributed by atoms with Crippen molar-refractivity contribution in [1.29, 1.82) is 0 Å². The molecule has 2 amide bonds. The lowest BCUT2D eigenvalue weighted by atomic mass is 9.99. The molecular formula is C29H23N5O4. The lowest BCUT2D eigenvalue weighted by Gasteiger charge is -2.27. The summed E-state index contributed by atoms with van der Waals surface area (Å²) in [6.45, 7) is 3.56. The van der Waals surface area contributed by atoms with E-state index in [2.05, 4.69) is 9.97 Å². The van der Waals surface area contributed by atoms with Gasteiger partial charge in [-0.05, 0) is 48.0 Å². The number of benzene rings is 2. The summed E-state index contributed by atoms with van der Waals surface area (Å²) >= 11 is 0. The number of hydrogen-bond donors (Lipinski definition) is 0. The largest absolute Gasteiger partial charge is 0.378 e. The standard InChI is InChI=1S/C29H23N5O4/c1-18(35)34-26-5-3-2-4-22(26)28(36)27(34)14-21-13-23(20-15-30-17-31-16-20)24-12-19(6-7-25(24)32-21)29(37)33-8-10-38-11-9-33/h2-7,12-17H,8-11H2,1H3/b27-14+. The van der Waals surface area contributed by atoms with Gasteiger partial charge in [0.1, 0.15) is 6.33 Å². The molecule has 9 heteroatoms. The lowest BCUT2D eigenvalue weighted by molar-refractivity contribution is -0.116. The van der Waals surface area contributed by atoms with Gasteiger partial charge in [0, 0.05) is 54.5 Å². The molecule has 1 fully saturated rings. The molecule has 2 aliphatic rings. The predicted molar refractivity (Wildman–Crippen MR) is 141 cm³/mol. The van der Waals surface area contributed by atoms with E-state index in [9.17, 15) is 14.4 Å². The van der Waals surface area contributed by atoms with Crippen molar-refractivity contribution < 1.29 is 19.1 Å². The number of amides is 2. The van der Waals surface area contributed by atoms with E-state index in [0.717, 1.165) is 16.5 Å². The molecule has 0 unspecified atom stereocenters. The predicted octanol–water partition coefficient (Wildman–Crippen LogP) is 3.75. The summed E-state index contributed by atoms with van der Waals surface area (Å²) in [7, 11) is 0. The SMILES string of the molecule is CC(=O)N1/C(=C/c2cc(-c3cncnc3)c3cc(C(=O)N4CCOCC4)ccc3n2)C(=O)c2ccccc21. The molecule has 0 N–H and O–H groups in total. The van der Waals surface area contributed by atoms with Gasteiger partial charge in [-0.1, -0.05) is 12.1 Å². The molecule has 188 valence electrons. The fourth-order valence-corrected chi connectivity index (χ4v) is 4.92. The van der Waals surface area contributed by atoms with Crippen molar-refractivity contribution in [3.8, 4) is 11.1 Å². The second kappa shape index (κ2) is 9.60. The number of carbonyl (C=O) groups is 3. The summed E-state index contributed by atoms with van der Waals surface area (Å²) in [5.41, 5.74) is 4.43. The van der Waals surface area contributed by atoms with Gasteiger partial charge in [-0.15, -0.1) is 0 Å². The highest BCUT2D eigenvalue weighted by Gasteiger charge is 2.34. The molecule has 2 aromatic heterocycles. The number of para-hydroxylation sites is 1. The fraction of sp³-hybridized carbons (Fsp3) is 0.172. The summed E-state index contributed by atoms with van der Waals surface area (Å²) in [5, 5.41) is 0.755. The second-order valence-electron chi connectivity index (χ2n) is 9.09. The van der Waals surface area contributed by atoms with Crippen LogP contribution in [0.5, 0.6) is 0 Å². The van der Waals surface area contributed by atoms with Crippen LogP contribution in [0.3, 0.4) is 0 Å². The van der Waals surface area contributed by atoms with Crippen LogP contribution < -0.4 is 4.90 Å². The number of hydrogen-bond acceptors (Lipinski definition) is 7. The molecule has 0 atom stereocenters. The Labute approximate surface area is 218 Å². The maximum atomic E-state index is 13.2. The van der Waals surface area contributed by atoms with Crippen molar-refractivity contribution in [2.75, 3.05) is 31.2 Å². The molecule has 4 aromatic rings. The first kappa shape index (κ1) is 23.6. The third-order valence-corrected chi connectivity index (χ3v) is 6.71. The Kier molecular flexibility index (Phi) is 5.97. The number of aromatic nitrogens is 3. The van der Waals surface area contributed by atoms with Crippen LogP contribution in [0.4, 0.5) is 5.69 Å². The number of allylic oxidation sites excluding steroid dienone is 1. The van der Waals surface area contributed by atoms with Crippen LogP contribution in [0, 0.1) is 0 Å². The topological polar surface area (TPSA) is 106 Å². The van der Waals surface area contributed by atoms with Crippen LogP contribution in [-0.4, -0.2) is 63.8 Å². The van der Waals surface area contributed by atoms with Crippen LogP contribution in [0.25, 0.3) is 28.1 Å². The van der Waals surface area contributed by atoms with E-state index in [1.807, 2.05) is 12.1 Å². The first-order chi connectivity index (χ1) is 18.5. The van der Waals surface area contributed by atoms with Gasteiger partial charge in [0.2, 0.25) is 11.7 Å². The molecule has 4 heterocycles. The van der Waals surface area contributed by atoms with E-state index in [4.69, 9.17) is 9.72 Å². The summed E-state index contributed by atoms with van der Waals surface area (Å²) < 4.78 is 5.38. The minimum atomic E-state index is -0.265. The number of pyridine rings is 1. The Bertz CT molecular complexity index is 1630. The van der Waals surface area contributed by atoms with Gasteiger partial charge in [-0.2, -0.15) is 0 Å². The smallest absolute Gasteiger partial charge is 0.254 e. The van der Waals surface area contributed by atoms with E-state index in [1.165, 1.54) is 18.2 Å². The number of rotatable bonds is 3. The maximum absolute atomic E-state index is 13.2. The van der Waals surface area contributed by atoms with Crippen LogP contribution in [0.15, 0.2) is 72.9 Å². The molecule has 0 spiro atoms. The van der Waals surface area contributed by atoms with Crippen molar-refractivity contribution in [1.82, 2.24) is 19.9 Å². The third kappa shape index (κ3) is 4.12. The van der Waals surface area contributed by atoms with Gasteiger partial charge in [-0.3, -0.25) is 19.3 Å². The Balaban J connectivity index is 1.49. The van der Waals surface area contributed by atoms with Gasteiger partial charge in [0.25, 0.3) is 5.91 Å². The quantitative estimate of drug-likeness (QED) is 0.391. The number of anilines is 1. The van der Waals surface area contributed by atoms with E-state index >= 15 is 0 Å². The molecule has 9 nitrogen and oxygen atoms in total. The third-order valence-electron chi connectivity index (χ3n) is 6.71. The molecule has 0 radical (unpaired) electrons. The summed E-state index contributed by atoms with van der Waals surface area (Å²) in [6, 6.07) is 14.2. The van der Waals surface area contributed by atoms with Gasteiger partial charge >= 0.3 is 0 Å². The Morgan fingerprint density at radius 3 is 2.50 bits per heavy atom. The van der Waals surface area contributed by atoms with Crippen LogP contribution in [0.1, 0.15) is 33.3 Å². The summed E-state index contributed by atoms with van der Waals surface area (Å²) in [5.74, 6) is -0.574. The highest BCUT2D eigenvalue weighted by Crippen LogP contribution is 2.36. The van der Waals surface area contributed by atoms with Crippen molar-refractivity contribution in [3.63, 3.8) is 0 Å². The normalized spacial score (nSPS) is 16.2. The van der Waals surface area contributed by atoms with E-state index in [1.54, 1.807) is 59.8 Å². The number of Topliss-reactive ketones (excluding diaryl/α,β-unsaturated/α-hetero) is 1. The zero-order valence-electron chi connectivity index (χ0n) is 20.6. The minimum absolute atomic E-state index is 0.0666. The molecule has 2 aromatic carbocycles. The van der Waals surface area contributed by atoms with Gasteiger partial charge in [-0.25, -0.2) is 15.0 Å². The monoisotopic (exact) mass is 505 g/mol. The molecule has 38 heavy (non-hydrogen) atoms. The number of nitrogens with zero attached hydrogens (tertiary/aromatic N) is 5. The average molecular weight is 506 g/mol. The Morgan fingerprint density at radius 1 is 0.974 bits per heavy atom. The van der Waals surface area contributed by atoms with Crippen LogP contribution in [0.2, 0.25) is 0 Å².